The zero-order chi connectivity index (χ0) is 20.2. The number of carbonyl (C=O) groups is 2. The van der Waals surface area contributed by atoms with Crippen molar-refractivity contribution in [2.24, 2.45) is 0 Å². The summed E-state index contributed by atoms with van der Waals surface area (Å²) >= 11 is 0.885. The number of amides is 1. The molecule has 5 nitrogen and oxygen atoms in total. The summed E-state index contributed by atoms with van der Waals surface area (Å²) in [5.41, 5.74) is 0.919. The third-order valence-electron chi connectivity index (χ3n) is 3.50. The molecular formula is C18H18F3NO4S. The number of nitrogens with one attached hydrogen (secondary N) is 1. The van der Waals surface area contributed by atoms with Gasteiger partial charge >= 0.3 is 18.1 Å². The summed E-state index contributed by atoms with van der Waals surface area (Å²) in [6.07, 6.45) is -5.07. The summed E-state index contributed by atoms with van der Waals surface area (Å²) in [7, 11) is 0. The molecule has 0 atom stereocenters. The van der Waals surface area contributed by atoms with E-state index in [2.05, 4.69) is 0 Å². The molecule has 1 aromatic carbocycles. The van der Waals surface area contributed by atoms with Crippen molar-refractivity contribution in [3.05, 3.63) is 34.7 Å². The predicted molar refractivity (Wildman–Crippen MR) is 96.3 cm³/mol. The van der Waals surface area contributed by atoms with Crippen LogP contribution in [0.4, 0.5) is 18.2 Å². The molecule has 27 heavy (non-hydrogen) atoms. The van der Waals surface area contributed by atoms with Crippen LogP contribution in [0.1, 0.15) is 29.1 Å². The van der Waals surface area contributed by atoms with Crippen LogP contribution < -0.4 is 10.1 Å². The van der Waals surface area contributed by atoms with Gasteiger partial charge in [-0.3, -0.25) is 4.79 Å². The van der Waals surface area contributed by atoms with Crippen LogP contribution in [0.25, 0.3) is 11.1 Å². The monoisotopic (exact) mass is 401 g/mol. The second-order valence-corrected chi connectivity index (χ2v) is 6.59. The van der Waals surface area contributed by atoms with Crippen LogP contribution in [0.2, 0.25) is 0 Å². The van der Waals surface area contributed by atoms with Gasteiger partial charge in [-0.2, -0.15) is 13.2 Å². The highest BCUT2D eigenvalue weighted by atomic mass is 32.1. The summed E-state index contributed by atoms with van der Waals surface area (Å²) in [5.74, 6) is -2.33. The Hall–Kier alpha value is -2.55. The Bertz CT molecular complexity index is 828. The Morgan fingerprint density at radius 1 is 1.11 bits per heavy atom. The van der Waals surface area contributed by atoms with E-state index in [1.54, 1.807) is 43.4 Å². The quantitative estimate of drug-likeness (QED) is 0.707. The average Bonchev–Trinajstić information content (AvgIpc) is 2.91. The molecule has 1 aromatic heterocycles. The van der Waals surface area contributed by atoms with Gasteiger partial charge < -0.3 is 14.8 Å². The average molecular weight is 401 g/mol. The molecule has 0 unspecified atom stereocenters. The highest BCUT2D eigenvalue weighted by Gasteiger charge is 2.40. The van der Waals surface area contributed by atoms with E-state index in [9.17, 15) is 22.8 Å². The van der Waals surface area contributed by atoms with E-state index in [0.29, 0.717) is 28.4 Å². The highest BCUT2D eigenvalue weighted by molar-refractivity contribution is 7.17. The van der Waals surface area contributed by atoms with Crippen molar-refractivity contribution in [1.82, 2.24) is 0 Å². The molecule has 0 aliphatic carbocycles. The van der Waals surface area contributed by atoms with Gasteiger partial charge in [0.15, 0.2) is 0 Å². The molecule has 0 aliphatic rings. The molecule has 2 aromatic rings. The van der Waals surface area contributed by atoms with E-state index in [-0.39, 0.29) is 17.2 Å². The lowest BCUT2D eigenvalue weighted by Gasteiger charge is -2.10. The summed E-state index contributed by atoms with van der Waals surface area (Å²) in [6, 6.07) is 6.77. The SMILES string of the molecule is CCOC(=O)c1c(NC(=O)C(F)(F)F)sc(C)c1-c1ccc(OCC)cc1. The van der Waals surface area contributed by atoms with Gasteiger partial charge in [-0.05, 0) is 38.5 Å². The second-order valence-electron chi connectivity index (χ2n) is 5.37. The first-order valence-electron chi connectivity index (χ1n) is 8.10. The van der Waals surface area contributed by atoms with Crippen molar-refractivity contribution in [3.63, 3.8) is 0 Å². The van der Waals surface area contributed by atoms with Gasteiger partial charge in [0.1, 0.15) is 16.3 Å². The van der Waals surface area contributed by atoms with Crippen molar-refractivity contribution in [1.29, 1.82) is 0 Å². The van der Waals surface area contributed by atoms with Crippen molar-refractivity contribution in [2.45, 2.75) is 26.9 Å². The zero-order valence-electron chi connectivity index (χ0n) is 14.9. The van der Waals surface area contributed by atoms with E-state index >= 15 is 0 Å². The highest BCUT2D eigenvalue weighted by Crippen LogP contribution is 2.41. The smallest absolute Gasteiger partial charge is 0.471 e. The Morgan fingerprint density at radius 2 is 1.74 bits per heavy atom. The molecule has 0 spiro atoms. The molecule has 2 rings (SSSR count). The number of thiophene rings is 1. The van der Waals surface area contributed by atoms with Gasteiger partial charge in [-0.15, -0.1) is 11.3 Å². The van der Waals surface area contributed by atoms with E-state index in [0.717, 1.165) is 11.3 Å². The van der Waals surface area contributed by atoms with E-state index < -0.39 is 18.1 Å². The molecule has 146 valence electrons. The van der Waals surface area contributed by atoms with E-state index in [1.807, 2.05) is 6.92 Å². The number of benzene rings is 1. The van der Waals surface area contributed by atoms with Crippen molar-refractivity contribution in [3.8, 4) is 16.9 Å². The summed E-state index contributed by atoms with van der Waals surface area (Å²) in [6.45, 7) is 5.61. The molecule has 0 saturated heterocycles. The molecule has 1 heterocycles. The van der Waals surface area contributed by atoms with E-state index in [4.69, 9.17) is 9.47 Å². The molecule has 0 fully saturated rings. The van der Waals surface area contributed by atoms with Crippen molar-refractivity contribution >= 4 is 28.2 Å². The first-order chi connectivity index (χ1) is 12.7. The van der Waals surface area contributed by atoms with Gasteiger partial charge in [-0.1, -0.05) is 12.1 Å². The molecule has 0 aliphatic heterocycles. The summed E-state index contributed by atoms with van der Waals surface area (Å²) < 4.78 is 48.2. The number of halogens is 3. The first kappa shape index (κ1) is 20.8. The molecule has 0 radical (unpaired) electrons. The summed E-state index contributed by atoms with van der Waals surface area (Å²) in [5, 5.41) is 1.58. The molecule has 1 amide bonds. The van der Waals surface area contributed by atoms with Crippen molar-refractivity contribution < 1.29 is 32.2 Å². The molecule has 0 saturated carbocycles. The fourth-order valence-electron chi connectivity index (χ4n) is 2.44. The van der Waals surface area contributed by atoms with Gasteiger partial charge in [-0.25, -0.2) is 4.79 Å². The van der Waals surface area contributed by atoms with Crippen LogP contribution in [0.5, 0.6) is 5.75 Å². The van der Waals surface area contributed by atoms with Crippen LogP contribution in [-0.2, 0) is 9.53 Å². The number of anilines is 1. The van der Waals surface area contributed by atoms with Crippen LogP contribution in [0.15, 0.2) is 24.3 Å². The van der Waals surface area contributed by atoms with Gasteiger partial charge in [0, 0.05) is 10.4 Å². The van der Waals surface area contributed by atoms with Crippen LogP contribution in [0.3, 0.4) is 0 Å². The lowest BCUT2D eigenvalue weighted by Crippen LogP contribution is -2.30. The number of hydrogen-bond donors (Lipinski definition) is 1. The second kappa shape index (κ2) is 8.43. The minimum Gasteiger partial charge on any atom is -0.494 e. The van der Waals surface area contributed by atoms with Crippen LogP contribution in [0, 0.1) is 6.92 Å². The normalized spacial score (nSPS) is 11.2. The van der Waals surface area contributed by atoms with E-state index in [1.165, 1.54) is 0 Å². The molecule has 1 N–H and O–H groups in total. The fourth-order valence-corrected chi connectivity index (χ4v) is 3.50. The first-order valence-corrected chi connectivity index (χ1v) is 8.92. The number of hydrogen-bond acceptors (Lipinski definition) is 5. The Balaban J connectivity index is 2.53. The third-order valence-corrected chi connectivity index (χ3v) is 4.52. The number of ether oxygens (including phenoxy) is 2. The molecule has 0 bridgehead atoms. The minimum absolute atomic E-state index is 0.0447. The third kappa shape index (κ3) is 4.79. The van der Waals surface area contributed by atoms with Crippen LogP contribution >= 0.6 is 11.3 Å². The molecular weight excluding hydrogens is 383 g/mol. The molecule has 9 heteroatoms. The lowest BCUT2D eigenvalue weighted by atomic mass is 10.0. The number of carbonyl (C=O) groups excluding carboxylic acids is 2. The Kier molecular flexibility index (Phi) is 6.48. The maximum atomic E-state index is 12.6. The maximum Gasteiger partial charge on any atom is 0.471 e. The Labute approximate surface area is 158 Å². The maximum absolute atomic E-state index is 12.6. The topological polar surface area (TPSA) is 64.6 Å². The fraction of sp³-hybridized carbons (Fsp3) is 0.333. The minimum atomic E-state index is -5.07. The van der Waals surface area contributed by atoms with Gasteiger partial charge in [0.2, 0.25) is 0 Å². The number of alkyl halides is 3. The lowest BCUT2D eigenvalue weighted by molar-refractivity contribution is -0.167. The van der Waals surface area contributed by atoms with Crippen LogP contribution in [-0.4, -0.2) is 31.3 Å². The van der Waals surface area contributed by atoms with Gasteiger partial charge in [0.05, 0.1) is 13.2 Å². The zero-order valence-corrected chi connectivity index (χ0v) is 15.7. The largest absolute Gasteiger partial charge is 0.494 e. The standard InChI is InChI=1S/C18H18F3NO4S/c1-4-25-12-8-6-11(7-9-12)13-10(3)27-15(14(13)16(23)26-5-2)22-17(24)18(19,20)21/h6-9H,4-5H2,1-3H3,(H,22,24). The van der Waals surface area contributed by atoms with Gasteiger partial charge in [0.25, 0.3) is 0 Å². The number of rotatable bonds is 6. The number of aryl methyl sites for hydroxylation is 1. The predicted octanol–water partition coefficient (Wildman–Crippen LogP) is 4.80. The Morgan fingerprint density at radius 3 is 2.26 bits per heavy atom. The summed E-state index contributed by atoms with van der Waals surface area (Å²) in [4.78, 5) is 24.3. The number of esters is 1. The van der Waals surface area contributed by atoms with Crippen molar-refractivity contribution in [2.75, 3.05) is 18.5 Å².